The van der Waals surface area contributed by atoms with E-state index < -0.39 is 0 Å². The lowest BCUT2D eigenvalue weighted by Gasteiger charge is -2.19. The summed E-state index contributed by atoms with van der Waals surface area (Å²) in [6, 6.07) is 4.18. The molecule has 1 amide bonds. The van der Waals surface area contributed by atoms with E-state index in [4.69, 9.17) is 4.74 Å². The van der Waals surface area contributed by atoms with Crippen LogP contribution < -0.4 is 10.1 Å². The van der Waals surface area contributed by atoms with E-state index in [1.165, 1.54) is 11.1 Å². The first-order valence-corrected chi connectivity index (χ1v) is 7.39. The lowest BCUT2D eigenvalue weighted by molar-refractivity contribution is -0.120. The zero-order valence-corrected chi connectivity index (χ0v) is 13.8. The third kappa shape index (κ3) is 4.86. The SMILES string of the molecule is Cc1cc(C)c(C)c(OC(C)CNC(=O)C(C)Br)c1. The Hall–Kier alpha value is -1.03. The third-order valence-electron chi connectivity index (χ3n) is 3.02. The lowest BCUT2D eigenvalue weighted by Crippen LogP contribution is -2.36. The molecule has 106 valence electrons. The fraction of sp³-hybridized carbons (Fsp3) is 0.533. The summed E-state index contributed by atoms with van der Waals surface area (Å²) in [6.07, 6.45) is -0.0601. The summed E-state index contributed by atoms with van der Waals surface area (Å²) in [5.74, 6) is 0.874. The van der Waals surface area contributed by atoms with Crippen molar-refractivity contribution in [1.29, 1.82) is 0 Å². The first kappa shape index (κ1) is 16.0. The van der Waals surface area contributed by atoms with Crippen molar-refractivity contribution < 1.29 is 9.53 Å². The number of amides is 1. The van der Waals surface area contributed by atoms with E-state index in [1.54, 1.807) is 6.92 Å². The van der Waals surface area contributed by atoms with Gasteiger partial charge in [0.2, 0.25) is 5.91 Å². The van der Waals surface area contributed by atoms with Crippen molar-refractivity contribution in [3.63, 3.8) is 0 Å². The number of alkyl halides is 1. The normalized spacial score (nSPS) is 13.8. The monoisotopic (exact) mass is 327 g/mol. The molecular formula is C15H22BrNO2. The molecule has 2 unspecified atom stereocenters. The molecule has 0 aromatic heterocycles. The molecule has 0 saturated heterocycles. The lowest BCUT2D eigenvalue weighted by atomic mass is 10.1. The van der Waals surface area contributed by atoms with Gasteiger partial charge in [0.15, 0.2) is 0 Å². The molecule has 0 aliphatic carbocycles. The van der Waals surface area contributed by atoms with Crippen LogP contribution in [0.1, 0.15) is 30.5 Å². The van der Waals surface area contributed by atoms with Gasteiger partial charge in [-0.15, -0.1) is 0 Å². The van der Waals surface area contributed by atoms with E-state index in [2.05, 4.69) is 48.1 Å². The van der Waals surface area contributed by atoms with Gasteiger partial charge in [-0.25, -0.2) is 0 Å². The molecule has 1 aromatic rings. The quantitative estimate of drug-likeness (QED) is 0.843. The van der Waals surface area contributed by atoms with Crippen molar-refractivity contribution in [2.75, 3.05) is 6.54 Å². The number of hydrogen-bond donors (Lipinski definition) is 1. The van der Waals surface area contributed by atoms with Crippen molar-refractivity contribution in [2.45, 2.75) is 45.5 Å². The highest BCUT2D eigenvalue weighted by Crippen LogP contribution is 2.24. The van der Waals surface area contributed by atoms with E-state index in [-0.39, 0.29) is 16.8 Å². The summed E-state index contributed by atoms with van der Waals surface area (Å²) in [6.45, 7) is 10.4. The summed E-state index contributed by atoms with van der Waals surface area (Å²) < 4.78 is 5.91. The maximum absolute atomic E-state index is 11.5. The van der Waals surface area contributed by atoms with E-state index in [0.29, 0.717) is 6.54 Å². The van der Waals surface area contributed by atoms with Crippen LogP contribution in [0.5, 0.6) is 5.75 Å². The molecule has 0 aliphatic rings. The van der Waals surface area contributed by atoms with Gasteiger partial charge in [-0.05, 0) is 57.4 Å². The van der Waals surface area contributed by atoms with Crippen LogP contribution >= 0.6 is 15.9 Å². The number of nitrogens with one attached hydrogen (secondary N) is 1. The van der Waals surface area contributed by atoms with Gasteiger partial charge < -0.3 is 10.1 Å². The molecule has 0 saturated carbocycles. The average Bonchev–Trinajstić information content (AvgIpc) is 2.32. The molecule has 1 rings (SSSR count). The van der Waals surface area contributed by atoms with Crippen LogP contribution in [-0.2, 0) is 4.79 Å². The molecule has 0 fully saturated rings. The number of halogens is 1. The molecule has 1 aromatic carbocycles. The van der Waals surface area contributed by atoms with Crippen LogP contribution in [0.4, 0.5) is 0 Å². The zero-order valence-electron chi connectivity index (χ0n) is 12.2. The van der Waals surface area contributed by atoms with Crippen LogP contribution in [0.25, 0.3) is 0 Å². The van der Waals surface area contributed by atoms with Gasteiger partial charge in [-0.2, -0.15) is 0 Å². The summed E-state index contributed by atoms with van der Waals surface area (Å²) in [7, 11) is 0. The van der Waals surface area contributed by atoms with Gasteiger partial charge in [0, 0.05) is 0 Å². The Morgan fingerprint density at radius 2 is 1.95 bits per heavy atom. The molecule has 0 aliphatic heterocycles. The Bertz CT molecular complexity index is 458. The molecule has 1 N–H and O–H groups in total. The molecule has 2 atom stereocenters. The number of ether oxygens (including phenoxy) is 1. The average molecular weight is 328 g/mol. The van der Waals surface area contributed by atoms with Crippen molar-refractivity contribution in [1.82, 2.24) is 5.32 Å². The molecular weight excluding hydrogens is 306 g/mol. The molecule has 0 spiro atoms. The highest BCUT2D eigenvalue weighted by molar-refractivity contribution is 9.10. The van der Waals surface area contributed by atoms with Gasteiger partial charge in [0.25, 0.3) is 0 Å². The number of carbonyl (C=O) groups excluding carboxylic acids is 1. The Balaban J connectivity index is 2.62. The number of benzene rings is 1. The van der Waals surface area contributed by atoms with Crippen LogP contribution in [0.15, 0.2) is 12.1 Å². The van der Waals surface area contributed by atoms with E-state index in [0.717, 1.165) is 11.3 Å². The summed E-state index contributed by atoms with van der Waals surface area (Å²) >= 11 is 3.23. The van der Waals surface area contributed by atoms with Crippen molar-refractivity contribution in [2.24, 2.45) is 0 Å². The van der Waals surface area contributed by atoms with Gasteiger partial charge in [-0.3, -0.25) is 4.79 Å². The fourth-order valence-corrected chi connectivity index (χ4v) is 1.93. The predicted molar refractivity (Wildman–Crippen MR) is 82.1 cm³/mol. The standard InChI is InChI=1S/C15H22BrNO2/c1-9-6-10(2)12(4)14(7-9)19-11(3)8-17-15(18)13(5)16/h6-7,11,13H,8H2,1-5H3,(H,17,18). The first-order chi connectivity index (χ1) is 8.81. The summed E-state index contributed by atoms with van der Waals surface area (Å²) in [4.78, 5) is 11.3. The zero-order chi connectivity index (χ0) is 14.6. The van der Waals surface area contributed by atoms with Crippen LogP contribution in [-0.4, -0.2) is 23.4 Å². The topological polar surface area (TPSA) is 38.3 Å². The second kappa shape index (κ2) is 6.94. The van der Waals surface area contributed by atoms with Gasteiger partial charge in [-0.1, -0.05) is 22.0 Å². The Labute approximate surface area is 123 Å². The highest BCUT2D eigenvalue weighted by Gasteiger charge is 2.12. The van der Waals surface area contributed by atoms with Gasteiger partial charge in [0.1, 0.15) is 11.9 Å². The fourth-order valence-electron chi connectivity index (χ4n) is 1.77. The second-order valence-corrected chi connectivity index (χ2v) is 6.37. The maximum Gasteiger partial charge on any atom is 0.233 e. The Morgan fingerprint density at radius 1 is 1.32 bits per heavy atom. The Kier molecular flexibility index (Phi) is 5.85. The Morgan fingerprint density at radius 3 is 2.53 bits per heavy atom. The van der Waals surface area contributed by atoms with Gasteiger partial charge in [0.05, 0.1) is 11.4 Å². The van der Waals surface area contributed by atoms with Crippen LogP contribution in [0.2, 0.25) is 0 Å². The molecule has 0 heterocycles. The predicted octanol–water partition coefficient (Wildman–Crippen LogP) is 3.28. The van der Waals surface area contributed by atoms with E-state index in [9.17, 15) is 4.79 Å². The molecule has 4 heteroatoms. The highest BCUT2D eigenvalue weighted by atomic mass is 79.9. The minimum atomic E-state index is -0.178. The minimum absolute atomic E-state index is 0.0207. The second-order valence-electron chi connectivity index (χ2n) is 4.99. The number of aryl methyl sites for hydroxylation is 2. The summed E-state index contributed by atoms with van der Waals surface area (Å²) in [5.41, 5.74) is 3.56. The van der Waals surface area contributed by atoms with Crippen molar-refractivity contribution >= 4 is 21.8 Å². The number of carbonyl (C=O) groups is 1. The molecule has 19 heavy (non-hydrogen) atoms. The minimum Gasteiger partial charge on any atom is -0.489 e. The molecule has 3 nitrogen and oxygen atoms in total. The van der Waals surface area contributed by atoms with Crippen LogP contribution in [0.3, 0.4) is 0 Å². The smallest absolute Gasteiger partial charge is 0.233 e. The maximum atomic E-state index is 11.5. The van der Waals surface area contributed by atoms with E-state index in [1.807, 2.05) is 13.0 Å². The third-order valence-corrected chi connectivity index (χ3v) is 3.43. The summed E-state index contributed by atoms with van der Waals surface area (Å²) in [5, 5.41) is 2.84. The van der Waals surface area contributed by atoms with Crippen molar-refractivity contribution in [3.8, 4) is 5.75 Å². The van der Waals surface area contributed by atoms with E-state index >= 15 is 0 Å². The van der Waals surface area contributed by atoms with Gasteiger partial charge >= 0.3 is 0 Å². The van der Waals surface area contributed by atoms with Crippen LogP contribution in [0, 0.1) is 20.8 Å². The molecule has 0 bridgehead atoms. The number of hydrogen-bond acceptors (Lipinski definition) is 2. The van der Waals surface area contributed by atoms with Crippen molar-refractivity contribution in [3.05, 3.63) is 28.8 Å². The number of rotatable bonds is 5. The molecule has 0 radical (unpaired) electrons. The largest absolute Gasteiger partial charge is 0.489 e. The first-order valence-electron chi connectivity index (χ1n) is 6.47.